The Labute approximate surface area is 146 Å². The van der Waals surface area contributed by atoms with Crippen LogP contribution in [0.5, 0.6) is 0 Å². The molecule has 2 heterocycles. The van der Waals surface area contributed by atoms with Crippen LogP contribution >= 0.6 is 11.3 Å². The topological polar surface area (TPSA) is 92.2 Å². The maximum atomic E-state index is 12.0. The van der Waals surface area contributed by atoms with Crippen LogP contribution < -0.4 is 20.1 Å². The van der Waals surface area contributed by atoms with Crippen molar-refractivity contribution in [2.75, 3.05) is 5.32 Å². The monoisotopic (exact) mass is 354 g/mol. The molecule has 0 fully saturated rings. The zero-order valence-corrected chi connectivity index (χ0v) is 14.1. The normalized spacial score (nSPS) is 12.4. The summed E-state index contributed by atoms with van der Waals surface area (Å²) in [6, 6.07) is 10.3. The van der Waals surface area contributed by atoms with Crippen LogP contribution in [0.25, 0.3) is 12.2 Å². The molecule has 0 bridgehead atoms. The van der Waals surface area contributed by atoms with Crippen LogP contribution in [-0.2, 0) is 4.79 Å². The smallest absolute Gasteiger partial charge is 0.266 e. The van der Waals surface area contributed by atoms with Crippen LogP contribution in [0.15, 0.2) is 51.9 Å². The first-order valence-corrected chi connectivity index (χ1v) is 8.21. The molecule has 2 N–H and O–H groups in total. The van der Waals surface area contributed by atoms with E-state index < -0.39 is 0 Å². The fourth-order valence-electron chi connectivity index (χ4n) is 2.15. The number of carbonyl (C=O) groups is 2. The van der Waals surface area contributed by atoms with Crippen molar-refractivity contribution < 1.29 is 14.0 Å². The van der Waals surface area contributed by atoms with Crippen LogP contribution in [0, 0.1) is 0 Å². The molecule has 0 atom stereocenters. The van der Waals surface area contributed by atoms with E-state index in [4.69, 9.17) is 4.42 Å². The van der Waals surface area contributed by atoms with Gasteiger partial charge in [-0.1, -0.05) is 12.1 Å². The van der Waals surface area contributed by atoms with Crippen LogP contribution in [0.3, 0.4) is 0 Å². The van der Waals surface area contributed by atoms with E-state index >= 15 is 0 Å². The van der Waals surface area contributed by atoms with Crippen molar-refractivity contribution in [1.82, 2.24) is 4.98 Å². The van der Waals surface area contributed by atoms with Crippen molar-refractivity contribution in [3.63, 3.8) is 0 Å². The number of aromatic amines is 1. The molecular weight excluding hydrogens is 340 g/mol. The van der Waals surface area contributed by atoms with Crippen LogP contribution in [-0.4, -0.2) is 16.7 Å². The summed E-state index contributed by atoms with van der Waals surface area (Å²) in [5.74, 6) is -0.241. The zero-order chi connectivity index (χ0) is 17.8. The second-order valence-electron chi connectivity index (χ2n) is 5.22. The van der Waals surface area contributed by atoms with Gasteiger partial charge in [0.2, 0.25) is 11.7 Å². The molecule has 6 nitrogen and oxygen atoms in total. The molecule has 0 spiro atoms. The summed E-state index contributed by atoms with van der Waals surface area (Å²) in [5.41, 5.74) is 1.22. The second-order valence-corrected chi connectivity index (χ2v) is 6.30. The predicted molar refractivity (Wildman–Crippen MR) is 96.0 cm³/mol. The van der Waals surface area contributed by atoms with Gasteiger partial charge in [0.1, 0.15) is 0 Å². The molecule has 7 heteroatoms. The lowest BCUT2D eigenvalue weighted by Crippen LogP contribution is -2.20. The fraction of sp³-hybridized carbons (Fsp3) is 0.0556. The maximum absolute atomic E-state index is 12.0. The Morgan fingerprint density at radius 1 is 1.20 bits per heavy atom. The third kappa shape index (κ3) is 4.21. The van der Waals surface area contributed by atoms with E-state index in [2.05, 4.69) is 10.3 Å². The quantitative estimate of drug-likeness (QED) is 0.694. The molecule has 0 unspecified atom stereocenters. The zero-order valence-electron chi connectivity index (χ0n) is 13.2. The number of thiazole rings is 1. The third-order valence-corrected chi connectivity index (χ3v) is 4.20. The Bertz CT molecular complexity index is 1070. The number of nitrogens with one attached hydrogen (secondary N) is 2. The average molecular weight is 354 g/mol. The van der Waals surface area contributed by atoms with Crippen LogP contribution in [0.1, 0.15) is 23.0 Å². The van der Waals surface area contributed by atoms with Gasteiger partial charge in [-0.25, -0.2) is 0 Å². The maximum Gasteiger partial charge on any atom is 0.266 e. The molecule has 0 aliphatic carbocycles. The number of anilines is 1. The van der Waals surface area contributed by atoms with Gasteiger partial charge in [-0.3, -0.25) is 14.4 Å². The molecule has 3 aromatic rings. The van der Waals surface area contributed by atoms with E-state index in [-0.39, 0.29) is 23.0 Å². The first-order chi connectivity index (χ1) is 12.0. The molecular formula is C18H14N2O4S. The number of hydrogen-bond acceptors (Lipinski definition) is 5. The standard InChI is InChI=1S/C18H14N2O4S/c1-11(21)19-13-6-4-12(5-7-13)9-16-18(23)20-17(25-16)10-14(22)15-3-2-8-24-15/h2-10H,1H3,(H,19,21)(H,20,23)/b16-9+,17-10-. The van der Waals surface area contributed by atoms with Crippen molar-refractivity contribution >= 4 is 40.9 Å². The number of aromatic nitrogens is 1. The Kier molecular flexibility index (Phi) is 4.76. The molecule has 1 amide bonds. The highest BCUT2D eigenvalue weighted by Gasteiger charge is 2.05. The minimum Gasteiger partial charge on any atom is -0.461 e. The minimum atomic E-state index is -0.311. The summed E-state index contributed by atoms with van der Waals surface area (Å²) in [5, 5.41) is 2.68. The first kappa shape index (κ1) is 16.7. The molecule has 0 aliphatic rings. The SMILES string of the molecule is CC(=O)Nc1ccc(/C=c2/s/c(=C\C(=O)c3ccco3)[nH]c2=O)cc1. The van der Waals surface area contributed by atoms with E-state index in [0.717, 1.165) is 5.56 Å². The number of benzene rings is 1. The van der Waals surface area contributed by atoms with Gasteiger partial charge in [-0.15, -0.1) is 11.3 Å². The van der Waals surface area contributed by atoms with Gasteiger partial charge in [-0.05, 0) is 35.9 Å². The summed E-state index contributed by atoms with van der Waals surface area (Å²) in [4.78, 5) is 37.7. The van der Waals surface area contributed by atoms with E-state index in [1.165, 1.54) is 30.6 Å². The van der Waals surface area contributed by atoms with Crippen molar-refractivity contribution in [1.29, 1.82) is 0 Å². The van der Waals surface area contributed by atoms with Crippen molar-refractivity contribution in [2.45, 2.75) is 6.92 Å². The number of hydrogen-bond donors (Lipinski definition) is 2. The molecule has 25 heavy (non-hydrogen) atoms. The number of ketones is 1. The predicted octanol–water partition coefficient (Wildman–Crippen LogP) is 1.48. The minimum absolute atomic E-state index is 0.146. The summed E-state index contributed by atoms with van der Waals surface area (Å²) < 4.78 is 5.96. The number of H-pyrrole nitrogens is 1. The number of furan rings is 1. The first-order valence-electron chi connectivity index (χ1n) is 7.39. The summed E-state index contributed by atoms with van der Waals surface area (Å²) >= 11 is 1.18. The Morgan fingerprint density at radius 2 is 1.96 bits per heavy atom. The van der Waals surface area contributed by atoms with Crippen molar-refractivity contribution in [3.05, 3.63) is 73.5 Å². The lowest BCUT2D eigenvalue weighted by atomic mass is 10.2. The summed E-state index contributed by atoms with van der Waals surface area (Å²) in [6.45, 7) is 1.44. The molecule has 2 aromatic heterocycles. The van der Waals surface area contributed by atoms with Crippen LogP contribution in [0.2, 0.25) is 0 Å². The van der Waals surface area contributed by atoms with Crippen molar-refractivity contribution in [3.8, 4) is 0 Å². The van der Waals surface area contributed by atoms with Gasteiger partial charge >= 0.3 is 0 Å². The van der Waals surface area contributed by atoms with Gasteiger partial charge in [0.05, 0.1) is 15.5 Å². The number of carbonyl (C=O) groups excluding carboxylic acids is 2. The van der Waals surface area contributed by atoms with Gasteiger partial charge in [0.25, 0.3) is 5.56 Å². The molecule has 0 radical (unpaired) electrons. The third-order valence-electron chi connectivity index (χ3n) is 3.24. The van der Waals surface area contributed by atoms with Gasteiger partial charge < -0.3 is 14.7 Å². The highest BCUT2D eigenvalue weighted by molar-refractivity contribution is 7.07. The number of Topliss-reactive ketones (excluding diaryl/α,β-unsaturated/α-hetero) is 1. The number of amides is 1. The van der Waals surface area contributed by atoms with E-state index in [0.29, 0.717) is 14.9 Å². The van der Waals surface area contributed by atoms with Gasteiger partial charge in [0.15, 0.2) is 5.76 Å². The van der Waals surface area contributed by atoms with Gasteiger partial charge in [-0.2, -0.15) is 0 Å². The van der Waals surface area contributed by atoms with Crippen molar-refractivity contribution in [2.24, 2.45) is 0 Å². The second kappa shape index (κ2) is 7.14. The lowest BCUT2D eigenvalue weighted by molar-refractivity contribution is -0.114. The lowest BCUT2D eigenvalue weighted by Gasteiger charge is -2.01. The molecule has 126 valence electrons. The largest absolute Gasteiger partial charge is 0.461 e. The molecule has 1 aromatic carbocycles. The average Bonchev–Trinajstić information content (AvgIpc) is 3.19. The number of rotatable bonds is 4. The molecule has 0 saturated heterocycles. The van der Waals surface area contributed by atoms with E-state index in [1.54, 1.807) is 42.5 Å². The summed E-state index contributed by atoms with van der Waals surface area (Å²) in [6.07, 6.45) is 4.47. The fourth-order valence-corrected chi connectivity index (χ4v) is 3.04. The summed E-state index contributed by atoms with van der Waals surface area (Å²) in [7, 11) is 0. The van der Waals surface area contributed by atoms with E-state index in [9.17, 15) is 14.4 Å². The van der Waals surface area contributed by atoms with Crippen LogP contribution in [0.4, 0.5) is 5.69 Å². The Balaban J connectivity index is 1.89. The molecule has 0 aliphatic heterocycles. The van der Waals surface area contributed by atoms with Gasteiger partial charge in [0, 0.05) is 18.7 Å². The highest BCUT2D eigenvalue weighted by Crippen LogP contribution is 2.09. The molecule has 0 saturated carbocycles. The Morgan fingerprint density at radius 3 is 2.60 bits per heavy atom. The molecule has 3 rings (SSSR count). The highest BCUT2D eigenvalue weighted by atomic mass is 32.1. The van der Waals surface area contributed by atoms with E-state index in [1.807, 2.05) is 0 Å². The Hall–Kier alpha value is -3.19.